The molecule has 1 heterocycles. The third-order valence-electron chi connectivity index (χ3n) is 2.90. The van der Waals surface area contributed by atoms with Crippen LogP contribution in [0.1, 0.15) is 52.9 Å². The molecule has 0 aliphatic heterocycles. The van der Waals surface area contributed by atoms with E-state index in [4.69, 9.17) is 0 Å². The van der Waals surface area contributed by atoms with Crippen molar-refractivity contribution in [2.75, 3.05) is 29.9 Å². The third kappa shape index (κ3) is 5.85. The first-order chi connectivity index (χ1) is 9.31. The van der Waals surface area contributed by atoms with Crippen molar-refractivity contribution in [1.29, 1.82) is 0 Å². The summed E-state index contributed by atoms with van der Waals surface area (Å²) in [6.07, 6.45) is 7.54. The summed E-state index contributed by atoms with van der Waals surface area (Å²) in [5.41, 5.74) is 0. The topological polar surface area (TPSA) is 53.9 Å². The first-order valence-corrected chi connectivity index (χ1v) is 7.50. The molecule has 1 aromatic rings. The summed E-state index contributed by atoms with van der Waals surface area (Å²) in [7, 11) is 0. The molecule has 5 nitrogen and oxygen atoms in total. The van der Waals surface area contributed by atoms with E-state index >= 15 is 0 Å². The summed E-state index contributed by atoms with van der Waals surface area (Å²) in [5.74, 6) is 1.57. The van der Waals surface area contributed by atoms with Crippen LogP contribution in [0.5, 0.6) is 0 Å². The van der Waals surface area contributed by atoms with Crippen LogP contribution in [0.25, 0.3) is 0 Å². The molecule has 1 rings (SSSR count). The fraction of sp³-hybridized carbons (Fsp3) is 0.786. The van der Waals surface area contributed by atoms with Gasteiger partial charge in [-0.3, -0.25) is 0 Å². The molecule has 0 aromatic carbocycles. The van der Waals surface area contributed by atoms with Gasteiger partial charge in [-0.25, -0.2) is 0 Å². The normalized spacial score (nSPS) is 10.5. The predicted octanol–water partition coefficient (Wildman–Crippen LogP) is 3.10. The van der Waals surface area contributed by atoms with Crippen molar-refractivity contribution in [1.82, 2.24) is 15.2 Å². The van der Waals surface area contributed by atoms with E-state index in [2.05, 4.69) is 46.2 Å². The Bertz CT molecular complexity index is 336. The van der Waals surface area contributed by atoms with Gasteiger partial charge in [0.2, 0.25) is 5.95 Å². The average Bonchev–Trinajstić information content (AvgIpc) is 2.44. The summed E-state index contributed by atoms with van der Waals surface area (Å²) in [4.78, 5) is 6.75. The molecule has 108 valence electrons. The number of nitrogens with one attached hydrogen (secondary N) is 1. The quantitative estimate of drug-likeness (QED) is 0.659. The first-order valence-electron chi connectivity index (χ1n) is 7.50. The second kappa shape index (κ2) is 9.53. The van der Waals surface area contributed by atoms with Crippen molar-refractivity contribution in [3.8, 4) is 0 Å². The molecule has 0 amide bonds. The van der Waals surface area contributed by atoms with Crippen LogP contribution in [0, 0.1) is 0 Å². The Kier molecular flexibility index (Phi) is 7.86. The highest BCUT2D eigenvalue weighted by Gasteiger charge is 2.08. The van der Waals surface area contributed by atoms with E-state index in [-0.39, 0.29) is 0 Å². The van der Waals surface area contributed by atoms with Crippen LogP contribution in [0.15, 0.2) is 6.20 Å². The van der Waals surface area contributed by atoms with Crippen molar-refractivity contribution < 1.29 is 0 Å². The maximum absolute atomic E-state index is 4.55. The highest BCUT2D eigenvalue weighted by molar-refractivity contribution is 5.38. The largest absolute Gasteiger partial charge is 0.369 e. The summed E-state index contributed by atoms with van der Waals surface area (Å²) in [6, 6.07) is 0. The Morgan fingerprint density at radius 1 is 1.05 bits per heavy atom. The maximum Gasteiger partial charge on any atom is 0.247 e. The van der Waals surface area contributed by atoms with Gasteiger partial charge in [0.15, 0.2) is 5.82 Å². The summed E-state index contributed by atoms with van der Waals surface area (Å²) in [6.45, 7) is 9.46. The van der Waals surface area contributed by atoms with Gasteiger partial charge in [-0.15, -0.1) is 5.10 Å². The van der Waals surface area contributed by atoms with Gasteiger partial charge in [-0.1, -0.05) is 33.6 Å². The molecule has 0 spiro atoms. The van der Waals surface area contributed by atoms with Crippen LogP contribution in [-0.2, 0) is 0 Å². The molecule has 0 bridgehead atoms. The Morgan fingerprint density at radius 3 is 2.42 bits per heavy atom. The Morgan fingerprint density at radius 2 is 1.79 bits per heavy atom. The lowest BCUT2D eigenvalue weighted by Gasteiger charge is -2.20. The molecule has 0 aliphatic carbocycles. The number of rotatable bonds is 10. The lowest BCUT2D eigenvalue weighted by atomic mass is 10.2. The zero-order valence-corrected chi connectivity index (χ0v) is 12.5. The van der Waals surface area contributed by atoms with Gasteiger partial charge < -0.3 is 10.2 Å². The van der Waals surface area contributed by atoms with E-state index < -0.39 is 0 Å². The lowest BCUT2D eigenvalue weighted by molar-refractivity contribution is 0.708. The number of aromatic nitrogens is 3. The average molecular weight is 265 g/mol. The van der Waals surface area contributed by atoms with Crippen LogP contribution in [0.3, 0.4) is 0 Å². The molecule has 19 heavy (non-hydrogen) atoms. The molecule has 0 unspecified atom stereocenters. The van der Waals surface area contributed by atoms with E-state index in [0.29, 0.717) is 0 Å². The Hall–Kier alpha value is -1.39. The van der Waals surface area contributed by atoms with Gasteiger partial charge in [0.25, 0.3) is 0 Å². The Labute approximate surface area is 116 Å². The smallest absolute Gasteiger partial charge is 0.247 e. The fourth-order valence-corrected chi connectivity index (χ4v) is 1.96. The molecular weight excluding hydrogens is 238 g/mol. The summed E-state index contributed by atoms with van der Waals surface area (Å²) >= 11 is 0. The zero-order valence-electron chi connectivity index (χ0n) is 12.5. The minimum Gasteiger partial charge on any atom is -0.369 e. The number of hydrogen-bond donors (Lipinski definition) is 1. The maximum atomic E-state index is 4.55. The summed E-state index contributed by atoms with van der Waals surface area (Å²) in [5, 5.41) is 11.5. The molecule has 0 saturated carbocycles. The van der Waals surface area contributed by atoms with Crippen molar-refractivity contribution in [2.24, 2.45) is 0 Å². The van der Waals surface area contributed by atoms with Gasteiger partial charge >= 0.3 is 0 Å². The van der Waals surface area contributed by atoms with Crippen LogP contribution in [0.4, 0.5) is 11.8 Å². The first kappa shape index (κ1) is 15.7. The number of anilines is 2. The summed E-state index contributed by atoms with van der Waals surface area (Å²) < 4.78 is 0. The molecule has 0 atom stereocenters. The van der Waals surface area contributed by atoms with Crippen LogP contribution >= 0.6 is 0 Å². The molecule has 0 aliphatic rings. The predicted molar refractivity (Wildman–Crippen MR) is 80.6 cm³/mol. The van der Waals surface area contributed by atoms with Crippen molar-refractivity contribution in [3.05, 3.63) is 6.20 Å². The van der Waals surface area contributed by atoms with Gasteiger partial charge in [-0.05, 0) is 19.3 Å². The monoisotopic (exact) mass is 265 g/mol. The standard InChI is InChI=1S/C14H27N5/c1-4-7-8-9-15-13-12-16-18-14(17-13)19(10-5-2)11-6-3/h12H,4-11H2,1-3H3,(H,15,17,18). The molecular formula is C14H27N5. The highest BCUT2D eigenvalue weighted by atomic mass is 15.3. The molecule has 0 fully saturated rings. The number of hydrogen-bond acceptors (Lipinski definition) is 5. The van der Waals surface area contributed by atoms with Crippen molar-refractivity contribution >= 4 is 11.8 Å². The van der Waals surface area contributed by atoms with Gasteiger partial charge in [0.05, 0.1) is 6.20 Å². The highest BCUT2D eigenvalue weighted by Crippen LogP contribution is 2.10. The van der Waals surface area contributed by atoms with E-state index in [9.17, 15) is 0 Å². The van der Waals surface area contributed by atoms with Crippen molar-refractivity contribution in [2.45, 2.75) is 52.9 Å². The minimum absolute atomic E-state index is 0.740. The molecule has 5 heteroatoms. The third-order valence-corrected chi connectivity index (χ3v) is 2.90. The van der Waals surface area contributed by atoms with E-state index in [1.807, 2.05) is 0 Å². The van der Waals surface area contributed by atoms with Crippen LogP contribution in [0.2, 0.25) is 0 Å². The van der Waals surface area contributed by atoms with Crippen molar-refractivity contribution in [3.63, 3.8) is 0 Å². The molecule has 1 N–H and O–H groups in total. The molecule has 0 radical (unpaired) electrons. The SMILES string of the molecule is CCCCCNc1cnnc(N(CCC)CCC)n1. The van der Waals surface area contributed by atoms with E-state index in [1.165, 1.54) is 19.3 Å². The lowest BCUT2D eigenvalue weighted by Crippen LogP contribution is -2.27. The Balaban J connectivity index is 2.58. The molecule has 0 saturated heterocycles. The van der Waals surface area contributed by atoms with Gasteiger partial charge in [-0.2, -0.15) is 10.1 Å². The number of unbranched alkanes of at least 4 members (excludes halogenated alkanes) is 2. The van der Waals surface area contributed by atoms with Gasteiger partial charge in [0, 0.05) is 19.6 Å². The van der Waals surface area contributed by atoms with Crippen LogP contribution < -0.4 is 10.2 Å². The fourth-order valence-electron chi connectivity index (χ4n) is 1.96. The van der Waals surface area contributed by atoms with E-state index in [0.717, 1.165) is 44.2 Å². The number of nitrogens with zero attached hydrogens (tertiary/aromatic N) is 4. The second-order valence-corrected chi connectivity index (χ2v) is 4.76. The second-order valence-electron chi connectivity index (χ2n) is 4.76. The molecule has 1 aromatic heterocycles. The minimum atomic E-state index is 0.740. The zero-order chi connectivity index (χ0) is 13.9. The van der Waals surface area contributed by atoms with E-state index in [1.54, 1.807) is 6.20 Å². The van der Waals surface area contributed by atoms with Gasteiger partial charge in [0.1, 0.15) is 0 Å². The van der Waals surface area contributed by atoms with Crippen LogP contribution in [-0.4, -0.2) is 34.8 Å².